The third-order valence-corrected chi connectivity index (χ3v) is 18.3. The largest absolute Gasteiger partial charge is 0.147 e. The molecule has 0 aliphatic heterocycles. The van der Waals surface area contributed by atoms with Gasteiger partial charge in [0.2, 0.25) is 0 Å². The average molecular weight is 605 g/mol. The van der Waals surface area contributed by atoms with Gasteiger partial charge in [-0.1, -0.05) is 7.43 Å². The zero-order chi connectivity index (χ0) is 27.1. The molecule has 3 rings (SSSR count). The molecule has 3 aromatic carbocycles. The average Bonchev–Trinajstić information content (AvgIpc) is 2.89. The summed E-state index contributed by atoms with van der Waals surface area (Å²) in [6.45, 7) is 26.7. The summed E-state index contributed by atoms with van der Waals surface area (Å²) in [7, 11) is 0. The van der Waals surface area contributed by atoms with Gasteiger partial charge >= 0.3 is 233 Å². The first-order valence-electron chi connectivity index (χ1n) is 14.6. The molecule has 0 aliphatic rings. The van der Waals surface area contributed by atoms with Crippen LogP contribution in [-0.2, 0) is 16.0 Å². The number of hydrogen-bond acceptors (Lipinski definition) is 3. The van der Waals surface area contributed by atoms with Crippen LogP contribution in [0.4, 0.5) is 17.1 Å². The number of aryl methyl sites for hydroxylation is 3. The number of nitrogens with zero attached hydrogens (tertiary/aromatic N) is 3. The van der Waals surface area contributed by atoms with Gasteiger partial charge in [0.05, 0.1) is 0 Å². The molecule has 0 aliphatic carbocycles. The molecular formula is C34H53ClN3Zn. The number of rotatable bonds is 12. The van der Waals surface area contributed by atoms with Crippen molar-refractivity contribution in [1.29, 1.82) is 0 Å². The van der Waals surface area contributed by atoms with E-state index in [-0.39, 0.29) is 19.8 Å². The van der Waals surface area contributed by atoms with E-state index in [0.29, 0.717) is 0 Å². The van der Waals surface area contributed by atoms with Gasteiger partial charge in [-0.3, -0.25) is 0 Å². The van der Waals surface area contributed by atoms with Crippen molar-refractivity contribution < 1.29 is 16.0 Å². The van der Waals surface area contributed by atoms with Gasteiger partial charge in [-0.2, -0.15) is 0 Å². The predicted molar refractivity (Wildman–Crippen MR) is 177 cm³/mol. The zero-order valence-corrected chi connectivity index (χ0v) is 29.2. The van der Waals surface area contributed by atoms with Crippen LogP contribution in [0.3, 0.4) is 0 Å². The number of anilines is 3. The minimum Gasteiger partial charge on any atom is -0.147 e. The van der Waals surface area contributed by atoms with E-state index < -0.39 is 16.0 Å². The van der Waals surface area contributed by atoms with Gasteiger partial charge in [0, 0.05) is 0 Å². The van der Waals surface area contributed by atoms with Gasteiger partial charge in [0.1, 0.15) is 0 Å². The Morgan fingerprint density at radius 1 is 0.462 bits per heavy atom. The Balaban J connectivity index is 0.00000380. The van der Waals surface area contributed by atoms with E-state index >= 15 is 0 Å². The standard InChI is InChI=1S/3C11H16N.CH4.ClH.Zn/c3*1-4-12(5-2)11-8-6-7-10(3)9-11;;;/h3*6,8-9H,4-5H2,1-3H3;1H4;1H;. The number of halogens is 1. The molecule has 3 nitrogen and oxygen atoms in total. The molecule has 0 heterocycles. The van der Waals surface area contributed by atoms with Gasteiger partial charge in [-0.25, -0.2) is 0 Å². The molecular weight excluding hydrogens is 551 g/mol. The third-order valence-electron chi connectivity index (χ3n) is 8.51. The van der Waals surface area contributed by atoms with Crippen LogP contribution in [0.1, 0.15) is 65.7 Å². The van der Waals surface area contributed by atoms with Gasteiger partial charge in [0.15, 0.2) is 0 Å². The van der Waals surface area contributed by atoms with Crippen LogP contribution in [0, 0.1) is 20.8 Å². The molecule has 0 saturated carbocycles. The second-order valence-corrected chi connectivity index (χ2v) is 17.4. The van der Waals surface area contributed by atoms with Crippen LogP contribution in [0.5, 0.6) is 0 Å². The van der Waals surface area contributed by atoms with E-state index in [1.165, 1.54) is 33.8 Å². The fourth-order valence-corrected chi connectivity index (χ4v) is 15.2. The minimum absolute atomic E-state index is 0. The summed E-state index contributed by atoms with van der Waals surface area (Å²) >= 11 is -2.64. The molecule has 5 heteroatoms. The fourth-order valence-electron chi connectivity index (χ4n) is 6.20. The van der Waals surface area contributed by atoms with Crippen LogP contribution in [0.2, 0.25) is 0 Å². The third kappa shape index (κ3) is 7.80. The van der Waals surface area contributed by atoms with Crippen molar-refractivity contribution in [2.24, 2.45) is 0 Å². The van der Waals surface area contributed by atoms with E-state index in [1.807, 2.05) is 0 Å². The first-order valence-corrected chi connectivity index (χ1v) is 19.0. The Morgan fingerprint density at radius 2 is 0.692 bits per heavy atom. The van der Waals surface area contributed by atoms with Crippen LogP contribution in [-0.4, -0.2) is 39.3 Å². The molecule has 0 atom stereocenters. The second kappa shape index (κ2) is 16.3. The Labute approximate surface area is 251 Å². The molecule has 0 bridgehead atoms. The van der Waals surface area contributed by atoms with E-state index in [4.69, 9.17) is 0 Å². The normalized spacial score (nSPS) is 10.4. The Hall–Kier alpha value is -2.03. The van der Waals surface area contributed by atoms with Crippen molar-refractivity contribution in [3.8, 4) is 0 Å². The molecule has 213 valence electrons. The van der Waals surface area contributed by atoms with E-state index in [1.54, 1.807) is 12.5 Å². The fraction of sp³-hybridized carbons (Fsp3) is 0.471. The van der Waals surface area contributed by atoms with Crippen molar-refractivity contribution in [2.75, 3.05) is 54.0 Å². The molecule has 0 fully saturated rings. The van der Waals surface area contributed by atoms with Gasteiger partial charge in [0.25, 0.3) is 0 Å². The zero-order valence-electron chi connectivity index (χ0n) is 25.4. The van der Waals surface area contributed by atoms with Crippen LogP contribution in [0.15, 0.2) is 54.6 Å². The van der Waals surface area contributed by atoms with Gasteiger partial charge < -0.3 is 0 Å². The molecule has 0 amide bonds. The van der Waals surface area contributed by atoms with Gasteiger partial charge in [-0.05, 0) is 0 Å². The monoisotopic (exact) mass is 602 g/mol. The number of hydrogen-bond donors (Lipinski definition) is 0. The summed E-state index contributed by atoms with van der Waals surface area (Å²) in [5.41, 5.74) is 8.38. The molecule has 0 aromatic heterocycles. The first-order chi connectivity index (χ1) is 17.8. The number of benzene rings is 3. The molecule has 0 unspecified atom stereocenters. The van der Waals surface area contributed by atoms with Crippen molar-refractivity contribution in [1.82, 2.24) is 0 Å². The summed E-state index contributed by atoms with van der Waals surface area (Å²) in [5, 5.41) is 0. The summed E-state index contributed by atoms with van der Waals surface area (Å²) < 4.78 is 4.81. The maximum atomic E-state index is 2.47. The Bertz CT molecular complexity index is 1020. The second-order valence-electron chi connectivity index (χ2n) is 10.4. The van der Waals surface area contributed by atoms with Crippen molar-refractivity contribution in [3.63, 3.8) is 0 Å². The molecule has 39 heavy (non-hydrogen) atoms. The van der Waals surface area contributed by atoms with Crippen LogP contribution >= 0.6 is 12.4 Å². The molecule has 0 saturated heterocycles. The predicted octanol–water partition coefficient (Wildman–Crippen LogP) is 7.10. The van der Waals surface area contributed by atoms with Gasteiger partial charge in [-0.15, -0.1) is 12.4 Å². The maximum absolute atomic E-state index is 2.64. The van der Waals surface area contributed by atoms with Crippen LogP contribution in [0.25, 0.3) is 0 Å². The minimum atomic E-state index is -2.64. The molecule has 0 spiro atoms. The van der Waals surface area contributed by atoms with E-state index in [9.17, 15) is 0 Å². The van der Waals surface area contributed by atoms with Crippen LogP contribution < -0.4 is 27.2 Å². The van der Waals surface area contributed by atoms with Crippen molar-refractivity contribution in [3.05, 3.63) is 71.3 Å². The van der Waals surface area contributed by atoms with Crippen molar-refractivity contribution >= 4 is 41.9 Å². The molecule has 0 N–H and O–H groups in total. The summed E-state index contributed by atoms with van der Waals surface area (Å²) in [4.78, 5) is 7.36. The van der Waals surface area contributed by atoms with E-state index in [0.717, 1.165) is 39.3 Å². The SMILES string of the molecule is C.CCN(CC)c1cc[c]([Zn]([c]2ccc(N(CC)CC)cc2C)[c]2ccc(N(CC)CC)cc2C)c(C)c1.Cl. The smallest absolute Gasteiger partial charge is 0.147 e. The summed E-state index contributed by atoms with van der Waals surface area (Å²) in [6.07, 6.45) is 0. The topological polar surface area (TPSA) is 9.72 Å². The van der Waals surface area contributed by atoms with E-state index in [2.05, 4.69) is 132 Å². The summed E-state index contributed by atoms with van der Waals surface area (Å²) in [5.74, 6) is 0. The maximum Gasteiger partial charge on any atom is -0.147 e. The van der Waals surface area contributed by atoms with Crippen molar-refractivity contribution in [2.45, 2.75) is 69.7 Å². The first kappa shape index (κ1) is 35.0. The summed E-state index contributed by atoms with van der Waals surface area (Å²) in [6, 6.07) is 21.8. The molecule has 3 aromatic rings. The molecule has 0 radical (unpaired) electrons. The Morgan fingerprint density at radius 3 is 0.872 bits per heavy atom. The quantitative estimate of drug-likeness (QED) is 0.204. The Kier molecular flexibility index (Phi) is 14.6.